The van der Waals surface area contributed by atoms with Crippen molar-refractivity contribution in [2.75, 3.05) is 29.9 Å². The molecule has 0 spiro atoms. The average molecular weight is 468 g/mol. The first-order valence-corrected chi connectivity index (χ1v) is 11.6. The average Bonchev–Trinajstić information content (AvgIpc) is 3.36. The third-order valence-electron chi connectivity index (χ3n) is 5.47. The standard InChI is InChI=1S/C23H25N5O4S/c29-22(30)26-18-6-4-17(5-7-18)20-2-1-3-21(27-20)28-10-8-16(9-11-28)12-24-23(31)32-13-19-14-33-15-25-19/h1-7,14-16,26H,8-13H2,(H,24,31)(H,29,30). The molecule has 0 atom stereocenters. The van der Waals surface area contributed by atoms with Gasteiger partial charge in [-0.15, -0.1) is 11.3 Å². The molecule has 1 aliphatic heterocycles. The van der Waals surface area contributed by atoms with Crippen LogP contribution in [0.15, 0.2) is 53.4 Å². The Morgan fingerprint density at radius 2 is 1.94 bits per heavy atom. The maximum absolute atomic E-state index is 11.9. The number of carbonyl (C=O) groups excluding carboxylic acids is 1. The number of hydrogen-bond acceptors (Lipinski definition) is 7. The summed E-state index contributed by atoms with van der Waals surface area (Å²) in [4.78, 5) is 33.8. The van der Waals surface area contributed by atoms with Crippen molar-refractivity contribution in [3.63, 3.8) is 0 Å². The van der Waals surface area contributed by atoms with Gasteiger partial charge in [-0.25, -0.2) is 19.6 Å². The smallest absolute Gasteiger partial charge is 0.409 e. The second-order valence-corrected chi connectivity index (χ2v) is 8.47. The van der Waals surface area contributed by atoms with Gasteiger partial charge >= 0.3 is 12.2 Å². The lowest BCUT2D eigenvalue weighted by Crippen LogP contribution is -2.39. The fraction of sp³-hybridized carbons (Fsp3) is 0.304. The number of piperidine rings is 1. The molecule has 3 aromatic rings. The normalized spacial score (nSPS) is 14.0. The number of benzene rings is 1. The number of hydrogen-bond donors (Lipinski definition) is 3. The van der Waals surface area contributed by atoms with Crippen molar-refractivity contribution in [2.45, 2.75) is 19.4 Å². The molecule has 1 aliphatic rings. The van der Waals surface area contributed by atoms with E-state index in [4.69, 9.17) is 14.8 Å². The molecule has 0 bridgehead atoms. The van der Waals surface area contributed by atoms with Gasteiger partial charge in [-0.05, 0) is 43.0 Å². The monoisotopic (exact) mass is 467 g/mol. The highest BCUT2D eigenvalue weighted by molar-refractivity contribution is 7.07. The Hall–Kier alpha value is -3.66. The van der Waals surface area contributed by atoms with Crippen molar-refractivity contribution < 1.29 is 19.4 Å². The van der Waals surface area contributed by atoms with Crippen LogP contribution in [0.1, 0.15) is 18.5 Å². The molecule has 33 heavy (non-hydrogen) atoms. The van der Waals surface area contributed by atoms with Crippen LogP contribution in [0.4, 0.5) is 21.1 Å². The Morgan fingerprint density at radius 1 is 1.15 bits per heavy atom. The molecule has 0 saturated carbocycles. The molecule has 2 aromatic heterocycles. The molecule has 0 aliphatic carbocycles. The zero-order valence-electron chi connectivity index (χ0n) is 17.9. The first-order chi connectivity index (χ1) is 16.1. The van der Waals surface area contributed by atoms with Crippen LogP contribution in [0.2, 0.25) is 0 Å². The van der Waals surface area contributed by atoms with E-state index >= 15 is 0 Å². The second-order valence-electron chi connectivity index (χ2n) is 7.76. The fourth-order valence-corrected chi connectivity index (χ4v) is 4.24. The van der Waals surface area contributed by atoms with Gasteiger partial charge in [0.05, 0.1) is 16.9 Å². The topological polar surface area (TPSA) is 117 Å². The van der Waals surface area contributed by atoms with Crippen LogP contribution in [0.25, 0.3) is 11.3 Å². The maximum atomic E-state index is 11.9. The molecule has 3 heterocycles. The van der Waals surface area contributed by atoms with E-state index in [0.29, 0.717) is 18.2 Å². The molecular formula is C23H25N5O4S. The summed E-state index contributed by atoms with van der Waals surface area (Å²) < 4.78 is 5.19. The third-order valence-corrected chi connectivity index (χ3v) is 6.11. The van der Waals surface area contributed by atoms with Gasteiger partial charge in [0.1, 0.15) is 12.4 Å². The first kappa shape index (κ1) is 22.5. The zero-order valence-corrected chi connectivity index (χ0v) is 18.8. The molecule has 2 amide bonds. The van der Waals surface area contributed by atoms with Gasteiger partial charge in [-0.2, -0.15) is 0 Å². The number of ether oxygens (including phenoxy) is 1. The highest BCUT2D eigenvalue weighted by Crippen LogP contribution is 2.25. The number of rotatable bonds is 7. The van der Waals surface area contributed by atoms with Gasteiger partial charge in [0.25, 0.3) is 0 Å². The molecule has 172 valence electrons. The lowest BCUT2D eigenvalue weighted by molar-refractivity contribution is 0.136. The summed E-state index contributed by atoms with van der Waals surface area (Å²) in [5, 5.41) is 15.9. The summed E-state index contributed by atoms with van der Waals surface area (Å²) in [6.07, 6.45) is 0.403. The summed E-state index contributed by atoms with van der Waals surface area (Å²) in [6.45, 7) is 2.50. The number of thiazole rings is 1. The van der Waals surface area contributed by atoms with E-state index < -0.39 is 12.2 Å². The Bertz CT molecular complexity index is 1070. The summed E-state index contributed by atoms with van der Waals surface area (Å²) in [6, 6.07) is 13.1. The van der Waals surface area contributed by atoms with E-state index in [1.807, 2.05) is 35.7 Å². The van der Waals surface area contributed by atoms with E-state index in [0.717, 1.165) is 48.7 Å². The van der Waals surface area contributed by atoms with Crippen molar-refractivity contribution in [1.29, 1.82) is 0 Å². The Balaban J connectivity index is 1.25. The summed E-state index contributed by atoms with van der Waals surface area (Å²) in [5.41, 5.74) is 4.74. The van der Waals surface area contributed by atoms with Crippen molar-refractivity contribution in [3.05, 3.63) is 59.0 Å². The number of pyridine rings is 1. The highest BCUT2D eigenvalue weighted by atomic mass is 32.1. The molecule has 10 heteroatoms. The molecule has 1 fully saturated rings. The van der Waals surface area contributed by atoms with Crippen LogP contribution >= 0.6 is 11.3 Å². The van der Waals surface area contributed by atoms with Crippen molar-refractivity contribution in [2.24, 2.45) is 5.92 Å². The van der Waals surface area contributed by atoms with Crippen LogP contribution in [0.5, 0.6) is 0 Å². The lowest BCUT2D eigenvalue weighted by atomic mass is 9.97. The predicted octanol–water partition coefficient (Wildman–Crippen LogP) is 4.44. The van der Waals surface area contributed by atoms with Crippen LogP contribution < -0.4 is 15.5 Å². The molecule has 4 rings (SSSR count). The largest absolute Gasteiger partial charge is 0.465 e. The third kappa shape index (κ3) is 6.42. The summed E-state index contributed by atoms with van der Waals surface area (Å²) >= 11 is 1.47. The molecule has 9 nitrogen and oxygen atoms in total. The number of carboxylic acid groups (broad SMARTS) is 1. The van der Waals surface area contributed by atoms with Crippen molar-refractivity contribution in [1.82, 2.24) is 15.3 Å². The Kier molecular flexibility index (Phi) is 7.36. The molecule has 0 radical (unpaired) electrons. The van der Waals surface area contributed by atoms with Gasteiger partial charge < -0.3 is 20.1 Å². The van der Waals surface area contributed by atoms with Gasteiger partial charge in [0.2, 0.25) is 0 Å². The lowest BCUT2D eigenvalue weighted by Gasteiger charge is -2.33. The van der Waals surface area contributed by atoms with E-state index in [2.05, 4.69) is 20.5 Å². The van der Waals surface area contributed by atoms with E-state index in [9.17, 15) is 9.59 Å². The van der Waals surface area contributed by atoms with Gasteiger partial charge in [0.15, 0.2) is 0 Å². The Labute approximate surface area is 195 Å². The fourth-order valence-electron chi connectivity index (χ4n) is 3.70. The van der Waals surface area contributed by atoms with Gasteiger partial charge in [-0.3, -0.25) is 5.32 Å². The van der Waals surface area contributed by atoms with Crippen LogP contribution in [-0.2, 0) is 11.3 Å². The number of nitrogens with zero attached hydrogens (tertiary/aromatic N) is 3. The predicted molar refractivity (Wildman–Crippen MR) is 127 cm³/mol. The van der Waals surface area contributed by atoms with E-state index in [1.165, 1.54) is 11.3 Å². The number of aromatic nitrogens is 2. The number of anilines is 2. The van der Waals surface area contributed by atoms with E-state index in [-0.39, 0.29) is 6.61 Å². The number of carbonyl (C=O) groups is 2. The summed E-state index contributed by atoms with van der Waals surface area (Å²) in [5.74, 6) is 1.31. The van der Waals surface area contributed by atoms with Gasteiger partial charge in [-0.1, -0.05) is 18.2 Å². The van der Waals surface area contributed by atoms with Crippen LogP contribution in [0, 0.1) is 5.92 Å². The number of nitrogens with one attached hydrogen (secondary N) is 2. The minimum atomic E-state index is -1.09. The van der Waals surface area contributed by atoms with E-state index in [1.54, 1.807) is 17.6 Å². The SMILES string of the molecule is O=C(O)Nc1ccc(-c2cccc(N3CCC(CNC(=O)OCc4cscn4)CC3)n2)cc1. The number of amides is 2. The maximum Gasteiger partial charge on any atom is 0.409 e. The highest BCUT2D eigenvalue weighted by Gasteiger charge is 2.21. The van der Waals surface area contributed by atoms with Crippen LogP contribution in [-0.4, -0.2) is 46.9 Å². The Morgan fingerprint density at radius 3 is 2.64 bits per heavy atom. The molecule has 1 saturated heterocycles. The van der Waals surface area contributed by atoms with Crippen molar-refractivity contribution >= 4 is 35.0 Å². The second kappa shape index (κ2) is 10.8. The number of alkyl carbamates (subject to hydrolysis) is 1. The summed E-state index contributed by atoms with van der Waals surface area (Å²) in [7, 11) is 0. The van der Waals surface area contributed by atoms with Crippen LogP contribution in [0.3, 0.4) is 0 Å². The molecule has 1 aromatic carbocycles. The first-order valence-electron chi connectivity index (χ1n) is 10.7. The molecule has 3 N–H and O–H groups in total. The van der Waals surface area contributed by atoms with Crippen molar-refractivity contribution in [3.8, 4) is 11.3 Å². The zero-order chi connectivity index (χ0) is 23.0. The van der Waals surface area contributed by atoms with Gasteiger partial charge in [0, 0.05) is 36.3 Å². The minimum absolute atomic E-state index is 0.189. The minimum Gasteiger partial charge on any atom is -0.465 e. The molecular weight excluding hydrogens is 442 g/mol. The molecule has 0 unspecified atom stereocenters. The quantitative estimate of drug-likeness (QED) is 0.470.